The number of rotatable bonds is 8. The van der Waals surface area contributed by atoms with Crippen molar-refractivity contribution in [1.29, 1.82) is 0 Å². The Balaban J connectivity index is 2.36. The van der Waals surface area contributed by atoms with Crippen LogP contribution >= 0.6 is 0 Å². The molecule has 0 fully saturated rings. The van der Waals surface area contributed by atoms with E-state index in [0.717, 1.165) is 0 Å². The number of sulfonamides is 2. The van der Waals surface area contributed by atoms with Crippen LogP contribution in [0.4, 0.5) is 5.69 Å². The van der Waals surface area contributed by atoms with Gasteiger partial charge in [0.15, 0.2) is 0 Å². The topological polar surface area (TPSA) is 142 Å². The van der Waals surface area contributed by atoms with Crippen molar-refractivity contribution in [3.63, 3.8) is 0 Å². The molecule has 0 unspecified atom stereocenters. The molecule has 10 heteroatoms. The minimum absolute atomic E-state index is 0.0752. The maximum absolute atomic E-state index is 11.5. The molecule has 1 aromatic rings. The number of primary sulfonamides is 1. The molecule has 0 bridgehead atoms. The molecule has 0 saturated carbocycles. The highest BCUT2D eigenvalue weighted by Gasteiger charge is 2.12. The molecule has 0 spiro atoms. The summed E-state index contributed by atoms with van der Waals surface area (Å²) in [6.07, 6.45) is 0. The summed E-state index contributed by atoms with van der Waals surface area (Å²) in [4.78, 5) is 0. The highest BCUT2D eigenvalue weighted by atomic mass is 32.2. The number of anilines is 1. The Bertz CT molecular complexity index is 643. The van der Waals surface area contributed by atoms with Crippen LogP contribution in [0.15, 0.2) is 24.3 Å². The van der Waals surface area contributed by atoms with Crippen LogP contribution in [0.25, 0.3) is 0 Å². The van der Waals surface area contributed by atoms with E-state index in [4.69, 9.17) is 15.6 Å². The fraction of sp³-hybridized carbons (Fsp3) is 0.400. The largest absolute Gasteiger partial charge is 0.492 e. The van der Waals surface area contributed by atoms with Gasteiger partial charge in [-0.3, -0.25) is 0 Å². The molecule has 0 aliphatic rings. The molecule has 0 heterocycles. The summed E-state index contributed by atoms with van der Waals surface area (Å²) < 4.78 is 51.7. The van der Waals surface area contributed by atoms with Crippen molar-refractivity contribution in [3.8, 4) is 5.75 Å². The first-order valence-corrected chi connectivity index (χ1v) is 9.01. The second-order valence-electron chi connectivity index (χ2n) is 4.00. The van der Waals surface area contributed by atoms with E-state index in [1.165, 1.54) is 0 Å². The Hall–Kier alpha value is -1.36. The molecule has 0 radical (unpaired) electrons. The van der Waals surface area contributed by atoms with Gasteiger partial charge >= 0.3 is 0 Å². The molecule has 1 rings (SSSR count). The number of benzene rings is 1. The standard InChI is InChI=1S/C10H17N3O5S2/c11-9-2-1-3-10(8-9)18-5-7-20(16,17)13-4-6-19(12,14)15/h1-3,8,13H,4-7,11H2,(H2,12,14,15). The summed E-state index contributed by atoms with van der Waals surface area (Å²) in [6.45, 7) is -0.340. The van der Waals surface area contributed by atoms with Crippen LogP contribution < -0.4 is 20.3 Å². The van der Waals surface area contributed by atoms with E-state index in [1.807, 2.05) is 0 Å². The Morgan fingerprint density at radius 2 is 1.85 bits per heavy atom. The van der Waals surface area contributed by atoms with Gasteiger partial charge in [0.25, 0.3) is 0 Å². The van der Waals surface area contributed by atoms with Gasteiger partial charge in [-0.25, -0.2) is 26.7 Å². The normalized spacial score (nSPS) is 12.2. The summed E-state index contributed by atoms with van der Waals surface area (Å²) in [5.74, 6) is -0.293. The van der Waals surface area contributed by atoms with Crippen molar-refractivity contribution >= 4 is 25.7 Å². The van der Waals surface area contributed by atoms with Crippen LogP contribution in [0, 0.1) is 0 Å². The zero-order valence-electron chi connectivity index (χ0n) is 10.7. The zero-order chi connectivity index (χ0) is 15.2. The van der Waals surface area contributed by atoms with Gasteiger partial charge in [0.1, 0.15) is 12.4 Å². The first-order valence-electron chi connectivity index (χ1n) is 5.64. The SMILES string of the molecule is Nc1cccc(OCCS(=O)(=O)NCCS(N)(=O)=O)c1. The number of nitrogen functional groups attached to an aromatic ring is 1. The number of hydrogen-bond donors (Lipinski definition) is 3. The lowest BCUT2D eigenvalue weighted by molar-refractivity contribution is 0.340. The van der Waals surface area contributed by atoms with Crippen LogP contribution in [0.3, 0.4) is 0 Å². The molecule has 8 nitrogen and oxygen atoms in total. The Morgan fingerprint density at radius 3 is 2.45 bits per heavy atom. The van der Waals surface area contributed by atoms with E-state index in [2.05, 4.69) is 4.72 Å². The molecule has 1 aromatic carbocycles. The van der Waals surface area contributed by atoms with E-state index in [9.17, 15) is 16.8 Å². The lowest BCUT2D eigenvalue weighted by Crippen LogP contribution is -2.34. The minimum Gasteiger partial charge on any atom is -0.492 e. The van der Waals surface area contributed by atoms with E-state index in [1.54, 1.807) is 24.3 Å². The Kier molecular flexibility index (Phi) is 5.74. The van der Waals surface area contributed by atoms with Crippen molar-refractivity contribution in [2.75, 3.05) is 30.4 Å². The average Bonchev–Trinajstić information content (AvgIpc) is 2.26. The number of nitrogens with one attached hydrogen (secondary N) is 1. The molecule has 0 aromatic heterocycles. The third-order valence-corrected chi connectivity index (χ3v) is 4.31. The van der Waals surface area contributed by atoms with E-state index in [0.29, 0.717) is 11.4 Å². The molecule has 20 heavy (non-hydrogen) atoms. The van der Waals surface area contributed by atoms with Gasteiger partial charge in [0.2, 0.25) is 20.0 Å². The monoisotopic (exact) mass is 323 g/mol. The van der Waals surface area contributed by atoms with Gasteiger partial charge in [-0.1, -0.05) is 6.07 Å². The third kappa shape index (κ3) is 7.28. The van der Waals surface area contributed by atoms with Crippen molar-refractivity contribution in [1.82, 2.24) is 4.72 Å². The van der Waals surface area contributed by atoms with E-state index in [-0.39, 0.29) is 18.9 Å². The minimum atomic E-state index is -3.69. The van der Waals surface area contributed by atoms with Gasteiger partial charge < -0.3 is 10.5 Å². The van der Waals surface area contributed by atoms with Crippen LogP contribution in [-0.4, -0.2) is 41.5 Å². The zero-order valence-corrected chi connectivity index (χ0v) is 12.3. The summed E-state index contributed by atoms with van der Waals surface area (Å²) in [5.41, 5.74) is 6.05. The maximum atomic E-state index is 11.5. The van der Waals surface area contributed by atoms with Crippen molar-refractivity contribution in [2.24, 2.45) is 5.14 Å². The Morgan fingerprint density at radius 1 is 1.15 bits per heavy atom. The quantitative estimate of drug-likeness (QED) is 0.516. The van der Waals surface area contributed by atoms with Gasteiger partial charge in [0.05, 0.1) is 11.5 Å². The van der Waals surface area contributed by atoms with Crippen molar-refractivity contribution < 1.29 is 21.6 Å². The molecule has 5 N–H and O–H groups in total. The first kappa shape index (κ1) is 16.7. The lowest BCUT2D eigenvalue weighted by Gasteiger charge is -2.08. The second kappa shape index (κ2) is 6.88. The molecule has 114 valence electrons. The molecule has 0 aliphatic carbocycles. The average molecular weight is 323 g/mol. The van der Waals surface area contributed by atoms with Crippen LogP contribution in [-0.2, 0) is 20.0 Å². The molecule has 0 atom stereocenters. The third-order valence-electron chi connectivity index (χ3n) is 2.19. The number of ether oxygens (including phenoxy) is 1. The smallest absolute Gasteiger partial charge is 0.214 e. The fourth-order valence-corrected chi connectivity index (χ4v) is 2.66. The highest BCUT2D eigenvalue weighted by Crippen LogP contribution is 2.14. The predicted molar refractivity (Wildman–Crippen MR) is 76.1 cm³/mol. The van der Waals surface area contributed by atoms with Crippen molar-refractivity contribution in [2.45, 2.75) is 0 Å². The molecule has 0 saturated heterocycles. The summed E-state index contributed by atoms with van der Waals surface area (Å²) in [5, 5.41) is 4.76. The molecule has 0 amide bonds. The van der Waals surface area contributed by atoms with Crippen LogP contribution in [0.1, 0.15) is 0 Å². The van der Waals surface area contributed by atoms with Gasteiger partial charge in [-0.15, -0.1) is 0 Å². The number of nitrogens with two attached hydrogens (primary N) is 2. The molecular formula is C10H17N3O5S2. The molecule has 0 aliphatic heterocycles. The highest BCUT2D eigenvalue weighted by molar-refractivity contribution is 7.90. The fourth-order valence-electron chi connectivity index (χ4n) is 1.29. The van der Waals surface area contributed by atoms with Gasteiger partial charge in [0, 0.05) is 18.3 Å². The summed E-state index contributed by atoms with van der Waals surface area (Å²) in [7, 11) is -7.30. The lowest BCUT2D eigenvalue weighted by atomic mass is 10.3. The summed E-state index contributed by atoms with van der Waals surface area (Å²) >= 11 is 0. The molecular weight excluding hydrogens is 306 g/mol. The predicted octanol–water partition coefficient (Wildman–Crippen LogP) is -1.14. The van der Waals surface area contributed by atoms with Crippen molar-refractivity contribution in [3.05, 3.63) is 24.3 Å². The maximum Gasteiger partial charge on any atom is 0.214 e. The van der Waals surface area contributed by atoms with Crippen LogP contribution in [0.5, 0.6) is 5.75 Å². The van der Waals surface area contributed by atoms with Crippen LogP contribution in [0.2, 0.25) is 0 Å². The van der Waals surface area contributed by atoms with Gasteiger partial charge in [-0.05, 0) is 12.1 Å². The second-order valence-corrected chi connectivity index (χ2v) is 7.66. The first-order chi connectivity index (χ1) is 9.18. The van der Waals surface area contributed by atoms with E-state index >= 15 is 0 Å². The van der Waals surface area contributed by atoms with Gasteiger partial charge in [-0.2, -0.15) is 0 Å². The van der Waals surface area contributed by atoms with E-state index < -0.39 is 25.8 Å². The Labute approximate surface area is 118 Å². The number of hydrogen-bond acceptors (Lipinski definition) is 6. The summed E-state index contributed by atoms with van der Waals surface area (Å²) in [6, 6.07) is 6.58.